The summed E-state index contributed by atoms with van der Waals surface area (Å²) in [5.41, 5.74) is 2.99. The number of carbonyl (C=O) groups is 2. The van der Waals surface area contributed by atoms with Crippen LogP contribution in [0.4, 0.5) is 10.5 Å². The van der Waals surface area contributed by atoms with Crippen molar-refractivity contribution in [1.82, 2.24) is 5.48 Å². The highest BCUT2D eigenvalue weighted by Crippen LogP contribution is 2.39. The average Bonchev–Trinajstić information content (AvgIpc) is 2.76. The monoisotopic (exact) mass is 428 g/mol. The number of nitrogens with one attached hydrogen (secondary N) is 2. The summed E-state index contributed by atoms with van der Waals surface area (Å²) < 4.78 is 11.2. The van der Waals surface area contributed by atoms with Gasteiger partial charge in [0, 0.05) is 17.2 Å². The number of aliphatic hydroxyl groups excluding tert-OH is 1. The molecule has 0 bridgehead atoms. The maximum Gasteiger partial charge on any atom is 0.412 e. The zero-order chi connectivity index (χ0) is 22.9. The van der Waals surface area contributed by atoms with Crippen molar-refractivity contribution in [2.24, 2.45) is 5.41 Å². The van der Waals surface area contributed by atoms with Gasteiger partial charge in [-0.15, -0.1) is 0 Å². The average molecular weight is 428 g/mol. The molecule has 2 aromatic carbocycles. The summed E-state index contributed by atoms with van der Waals surface area (Å²) in [4.78, 5) is 24.1. The molecule has 2 aromatic rings. The molecule has 0 aliphatic carbocycles. The molecule has 0 heterocycles. The van der Waals surface area contributed by atoms with Gasteiger partial charge < -0.3 is 14.6 Å². The van der Waals surface area contributed by atoms with E-state index >= 15 is 0 Å². The normalized spacial score (nSPS) is 12.3. The lowest BCUT2D eigenvalue weighted by atomic mass is 9.82. The third kappa shape index (κ3) is 7.44. The largest absolute Gasteiger partial charge is 0.491 e. The number of hydrogen-bond acceptors (Lipinski definition) is 6. The second-order valence-electron chi connectivity index (χ2n) is 7.55. The molecule has 8 nitrogen and oxygen atoms in total. The van der Waals surface area contributed by atoms with Gasteiger partial charge in [0.1, 0.15) is 18.5 Å². The number of benzene rings is 2. The van der Waals surface area contributed by atoms with E-state index < -0.39 is 23.5 Å². The fraction of sp³-hybridized carbons (Fsp3) is 0.304. The number of anilines is 1. The van der Waals surface area contributed by atoms with E-state index in [0.29, 0.717) is 17.0 Å². The first kappa shape index (κ1) is 23.9. The molecule has 0 fully saturated rings. The Kier molecular flexibility index (Phi) is 8.60. The Labute approximate surface area is 181 Å². The van der Waals surface area contributed by atoms with Gasteiger partial charge in [-0.25, -0.2) is 10.3 Å². The first-order valence-corrected chi connectivity index (χ1v) is 9.76. The van der Waals surface area contributed by atoms with Crippen molar-refractivity contribution in [2.75, 3.05) is 18.5 Å². The van der Waals surface area contributed by atoms with Crippen molar-refractivity contribution >= 4 is 17.7 Å². The van der Waals surface area contributed by atoms with Gasteiger partial charge in [0.25, 0.3) is 5.91 Å². The van der Waals surface area contributed by atoms with E-state index in [9.17, 15) is 9.59 Å². The quantitative estimate of drug-likeness (QED) is 0.275. The zero-order valence-corrected chi connectivity index (χ0v) is 17.8. The molecule has 0 radical (unpaired) electrons. The zero-order valence-electron chi connectivity index (χ0n) is 17.8. The van der Waals surface area contributed by atoms with Gasteiger partial charge in [-0.05, 0) is 36.8 Å². The van der Waals surface area contributed by atoms with Crippen LogP contribution in [0.2, 0.25) is 0 Å². The van der Waals surface area contributed by atoms with Crippen LogP contribution in [-0.2, 0) is 9.53 Å². The fourth-order valence-electron chi connectivity index (χ4n) is 2.89. The number of aryl methyl sites for hydroxylation is 1. The van der Waals surface area contributed by atoms with Crippen LogP contribution < -0.4 is 15.5 Å². The van der Waals surface area contributed by atoms with Crippen LogP contribution >= 0.6 is 0 Å². The molecule has 1 atom stereocenters. The highest BCUT2D eigenvalue weighted by atomic mass is 16.6. The molecule has 8 heteroatoms. The minimum Gasteiger partial charge on any atom is -0.491 e. The topological polar surface area (TPSA) is 117 Å². The Morgan fingerprint density at radius 1 is 1.16 bits per heavy atom. The minimum absolute atomic E-state index is 0.128. The van der Waals surface area contributed by atoms with Crippen molar-refractivity contribution in [3.05, 3.63) is 71.8 Å². The van der Waals surface area contributed by atoms with Crippen molar-refractivity contribution < 1.29 is 29.4 Å². The number of hydrogen-bond donors (Lipinski definition) is 4. The van der Waals surface area contributed by atoms with E-state index in [2.05, 4.69) is 5.32 Å². The Morgan fingerprint density at radius 2 is 1.87 bits per heavy atom. The molecule has 0 aliphatic heterocycles. The van der Waals surface area contributed by atoms with Crippen molar-refractivity contribution in [1.29, 1.82) is 0 Å². The second-order valence-corrected chi connectivity index (χ2v) is 7.55. The van der Waals surface area contributed by atoms with E-state index in [4.69, 9.17) is 19.8 Å². The standard InChI is InChI=1S/C23H28N2O6/c1-16-7-9-18(10-8-16)24-22(28)31-21(23(2,3)12-11-20(27)25-29)17-5-4-6-19(15-17)30-14-13-26/h4-12,15,21,26,29H,13-14H2,1-3H3,(H,24,28)(H,25,27)/b12-11+/t21-/m0/s1. The highest BCUT2D eigenvalue weighted by Gasteiger charge is 2.33. The van der Waals surface area contributed by atoms with Crippen LogP contribution in [-0.4, -0.2) is 35.5 Å². The Hall–Kier alpha value is -3.36. The lowest BCUT2D eigenvalue weighted by Gasteiger charge is -2.32. The number of ether oxygens (including phenoxy) is 2. The molecule has 2 rings (SSSR count). The van der Waals surface area contributed by atoms with E-state index in [0.717, 1.165) is 5.56 Å². The molecular weight excluding hydrogens is 400 g/mol. The SMILES string of the molecule is Cc1ccc(NC(=O)O[C@@H](c2cccc(OCCO)c2)C(C)(C)/C=C/C(=O)NO)cc1. The predicted molar refractivity (Wildman–Crippen MR) is 116 cm³/mol. The van der Waals surface area contributed by atoms with Crippen LogP contribution in [0.15, 0.2) is 60.7 Å². The molecule has 4 N–H and O–H groups in total. The van der Waals surface area contributed by atoms with Crippen LogP contribution in [0.1, 0.15) is 31.1 Å². The predicted octanol–water partition coefficient (Wildman–Crippen LogP) is 3.74. The number of aliphatic hydroxyl groups is 1. The molecule has 0 aromatic heterocycles. The summed E-state index contributed by atoms with van der Waals surface area (Å²) in [5, 5.41) is 20.4. The molecule has 2 amide bonds. The summed E-state index contributed by atoms with van der Waals surface area (Å²) >= 11 is 0. The van der Waals surface area contributed by atoms with Gasteiger partial charge >= 0.3 is 6.09 Å². The van der Waals surface area contributed by atoms with E-state index in [1.807, 2.05) is 19.1 Å². The molecule has 0 saturated heterocycles. The summed E-state index contributed by atoms with van der Waals surface area (Å²) in [6.45, 7) is 5.52. The molecule has 0 spiro atoms. The van der Waals surface area contributed by atoms with Gasteiger partial charge in [-0.3, -0.25) is 15.3 Å². The first-order chi connectivity index (χ1) is 14.7. The summed E-state index contributed by atoms with van der Waals surface area (Å²) in [6.07, 6.45) is 1.26. The van der Waals surface area contributed by atoms with E-state index in [1.165, 1.54) is 11.6 Å². The third-order valence-electron chi connectivity index (χ3n) is 4.49. The fourth-order valence-corrected chi connectivity index (χ4v) is 2.89. The molecular formula is C23H28N2O6. The maximum atomic E-state index is 12.6. The number of amides is 2. The van der Waals surface area contributed by atoms with Gasteiger partial charge in [0.15, 0.2) is 0 Å². The summed E-state index contributed by atoms with van der Waals surface area (Å²) in [5.74, 6) is -0.192. The molecule has 0 aliphatic rings. The van der Waals surface area contributed by atoms with Crippen molar-refractivity contribution in [2.45, 2.75) is 26.9 Å². The third-order valence-corrected chi connectivity index (χ3v) is 4.49. The molecule has 0 saturated carbocycles. The minimum atomic E-state index is -0.827. The number of carbonyl (C=O) groups excluding carboxylic acids is 2. The van der Waals surface area contributed by atoms with Crippen LogP contribution in [0.25, 0.3) is 0 Å². The van der Waals surface area contributed by atoms with Gasteiger partial charge in [0.05, 0.1) is 6.61 Å². The second kappa shape index (κ2) is 11.1. The van der Waals surface area contributed by atoms with Gasteiger partial charge in [-0.2, -0.15) is 0 Å². The Morgan fingerprint density at radius 3 is 2.52 bits per heavy atom. The van der Waals surface area contributed by atoms with E-state index in [-0.39, 0.29) is 13.2 Å². The highest BCUT2D eigenvalue weighted by molar-refractivity contribution is 5.86. The smallest absolute Gasteiger partial charge is 0.412 e. The van der Waals surface area contributed by atoms with Crippen molar-refractivity contribution in [3.8, 4) is 5.75 Å². The van der Waals surface area contributed by atoms with Gasteiger partial charge in [0.2, 0.25) is 0 Å². The number of hydroxylamine groups is 1. The van der Waals surface area contributed by atoms with Crippen LogP contribution in [0, 0.1) is 12.3 Å². The Balaban J connectivity index is 2.30. The maximum absolute atomic E-state index is 12.6. The van der Waals surface area contributed by atoms with Crippen LogP contribution in [0.5, 0.6) is 5.75 Å². The lowest BCUT2D eigenvalue weighted by Crippen LogP contribution is -2.28. The summed E-state index contributed by atoms with van der Waals surface area (Å²) in [7, 11) is 0. The number of rotatable bonds is 9. The molecule has 166 valence electrons. The Bertz CT molecular complexity index is 909. The van der Waals surface area contributed by atoms with Gasteiger partial charge in [-0.1, -0.05) is 49.8 Å². The van der Waals surface area contributed by atoms with Crippen molar-refractivity contribution in [3.63, 3.8) is 0 Å². The molecule has 0 unspecified atom stereocenters. The summed E-state index contributed by atoms with van der Waals surface area (Å²) in [6, 6.07) is 14.2. The molecule has 31 heavy (non-hydrogen) atoms. The first-order valence-electron chi connectivity index (χ1n) is 9.76. The van der Waals surface area contributed by atoms with Crippen LogP contribution in [0.3, 0.4) is 0 Å². The lowest BCUT2D eigenvalue weighted by molar-refractivity contribution is -0.124. The van der Waals surface area contributed by atoms with E-state index in [1.54, 1.807) is 56.3 Å².